The maximum absolute atomic E-state index is 5.81. The van der Waals surface area contributed by atoms with E-state index in [0.717, 1.165) is 16.9 Å². The van der Waals surface area contributed by atoms with Crippen LogP contribution < -0.4 is 15.2 Å². The molecule has 0 unspecified atom stereocenters. The first-order chi connectivity index (χ1) is 11.3. The number of rotatable bonds is 5. The number of ether oxygens (including phenoxy) is 2. The molecule has 2 aromatic heterocycles. The average Bonchev–Trinajstić information content (AvgIpc) is 3.05. The van der Waals surface area contributed by atoms with Crippen LogP contribution in [0.3, 0.4) is 0 Å². The standard InChI is InChI=1S/C16H17N5O2/c1-22-12-3-4-14(15(9-12)23-2)21-16(13(10-17)19-20-21)11-5-7-18-8-6-11/h3-9H,10,17H2,1-2H3. The highest BCUT2D eigenvalue weighted by molar-refractivity contribution is 5.65. The first-order valence-electron chi connectivity index (χ1n) is 7.06. The molecular weight excluding hydrogens is 294 g/mol. The average molecular weight is 311 g/mol. The monoisotopic (exact) mass is 311 g/mol. The number of aromatic nitrogens is 4. The lowest BCUT2D eigenvalue weighted by Gasteiger charge is -2.12. The normalized spacial score (nSPS) is 10.6. The summed E-state index contributed by atoms with van der Waals surface area (Å²) < 4.78 is 12.4. The quantitative estimate of drug-likeness (QED) is 0.773. The van der Waals surface area contributed by atoms with Crippen LogP contribution in [0.25, 0.3) is 16.9 Å². The van der Waals surface area contributed by atoms with Crippen LogP contribution in [0.4, 0.5) is 0 Å². The van der Waals surface area contributed by atoms with Crippen LogP contribution in [-0.2, 0) is 6.54 Å². The van der Waals surface area contributed by atoms with Crippen molar-refractivity contribution in [2.45, 2.75) is 6.54 Å². The Labute approximate surface area is 133 Å². The first kappa shape index (κ1) is 15.0. The summed E-state index contributed by atoms with van der Waals surface area (Å²) in [5, 5.41) is 8.43. The molecule has 0 spiro atoms. The van der Waals surface area contributed by atoms with Gasteiger partial charge in [0.05, 0.1) is 19.9 Å². The number of nitrogens with zero attached hydrogens (tertiary/aromatic N) is 4. The second kappa shape index (κ2) is 6.45. The largest absolute Gasteiger partial charge is 0.497 e. The van der Waals surface area contributed by atoms with Gasteiger partial charge in [-0.15, -0.1) is 5.10 Å². The van der Waals surface area contributed by atoms with Gasteiger partial charge in [-0.3, -0.25) is 4.98 Å². The van der Waals surface area contributed by atoms with Crippen molar-refractivity contribution >= 4 is 0 Å². The summed E-state index contributed by atoms with van der Waals surface area (Å²) in [6, 6.07) is 9.31. The number of methoxy groups -OCH3 is 2. The van der Waals surface area contributed by atoms with Crippen LogP contribution in [-0.4, -0.2) is 34.2 Å². The molecule has 2 N–H and O–H groups in total. The molecule has 3 rings (SSSR count). The lowest BCUT2D eigenvalue weighted by molar-refractivity contribution is 0.392. The van der Waals surface area contributed by atoms with Crippen LogP contribution in [0, 0.1) is 0 Å². The minimum absolute atomic E-state index is 0.288. The predicted octanol–water partition coefficient (Wildman–Crippen LogP) is 1.81. The van der Waals surface area contributed by atoms with E-state index in [4.69, 9.17) is 15.2 Å². The van der Waals surface area contributed by atoms with E-state index in [1.165, 1.54) is 0 Å². The lowest BCUT2D eigenvalue weighted by Crippen LogP contribution is -2.04. The molecule has 0 atom stereocenters. The minimum Gasteiger partial charge on any atom is -0.497 e. The molecule has 0 fully saturated rings. The van der Waals surface area contributed by atoms with Crippen LogP contribution >= 0.6 is 0 Å². The van der Waals surface area contributed by atoms with Gasteiger partial charge in [-0.05, 0) is 24.3 Å². The maximum Gasteiger partial charge on any atom is 0.148 e. The highest BCUT2D eigenvalue weighted by Gasteiger charge is 2.18. The van der Waals surface area contributed by atoms with E-state index in [0.29, 0.717) is 17.2 Å². The third-order valence-corrected chi connectivity index (χ3v) is 3.50. The number of benzene rings is 1. The van der Waals surface area contributed by atoms with Crippen molar-refractivity contribution in [2.24, 2.45) is 5.73 Å². The Morgan fingerprint density at radius 3 is 2.52 bits per heavy atom. The summed E-state index contributed by atoms with van der Waals surface area (Å²) in [6.45, 7) is 0.288. The van der Waals surface area contributed by atoms with Crippen LogP contribution in [0.15, 0.2) is 42.7 Å². The van der Waals surface area contributed by atoms with Gasteiger partial charge >= 0.3 is 0 Å². The zero-order valence-corrected chi connectivity index (χ0v) is 12.9. The van der Waals surface area contributed by atoms with Crippen LogP contribution in [0.2, 0.25) is 0 Å². The fourth-order valence-corrected chi connectivity index (χ4v) is 2.38. The van der Waals surface area contributed by atoms with Gasteiger partial charge in [-0.2, -0.15) is 0 Å². The SMILES string of the molecule is COc1ccc(-n2nnc(CN)c2-c2ccncc2)c(OC)c1. The summed E-state index contributed by atoms with van der Waals surface area (Å²) >= 11 is 0. The second-order valence-electron chi connectivity index (χ2n) is 4.77. The third kappa shape index (κ3) is 2.74. The molecule has 23 heavy (non-hydrogen) atoms. The first-order valence-corrected chi connectivity index (χ1v) is 7.06. The van der Waals surface area contributed by atoms with E-state index in [1.807, 2.05) is 24.3 Å². The molecule has 7 nitrogen and oxygen atoms in total. The maximum atomic E-state index is 5.81. The molecule has 0 saturated carbocycles. The highest BCUT2D eigenvalue weighted by atomic mass is 16.5. The van der Waals surface area contributed by atoms with E-state index in [9.17, 15) is 0 Å². The van der Waals surface area contributed by atoms with E-state index in [-0.39, 0.29) is 6.54 Å². The molecule has 0 aliphatic rings. The topological polar surface area (TPSA) is 88.1 Å². The van der Waals surface area contributed by atoms with E-state index in [1.54, 1.807) is 37.4 Å². The van der Waals surface area contributed by atoms with Crippen molar-refractivity contribution < 1.29 is 9.47 Å². The van der Waals surface area contributed by atoms with Gasteiger partial charge < -0.3 is 15.2 Å². The van der Waals surface area contributed by atoms with Crippen molar-refractivity contribution in [3.05, 3.63) is 48.4 Å². The number of pyridine rings is 1. The van der Waals surface area contributed by atoms with Crippen molar-refractivity contribution in [3.8, 4) is 28.4 Å². The molecule has 7 heteroatoms. The van der Waals surface area contributed by atoms with Gasteiger partial charge in [0.1, 0.15) is 22.9 Å². The Morgan fingerprint density at radius 1 is 1.09 bits per heavy atom. The molecular formula is C16H17N5O2. The third-order valence-electron chi connectivity index (χ3n) is 3.50. The van der Waals surface area contributed by atoms with Gasteiger partial charge in [-0.25, -0.2) is 4.68 Å². The molecule has 0 aliphatic heterocycles. The molecule has 118 valence electrons. The Kier molecular flexibility index (Phi) is 4.20. The molecule has 0 radical (unpaired) electrons. The van der Waals surface area contributed by atoms with Gasteiger partial charge in [0.15, 0.2) is 0 Å². The van der Waals surface area contributed by atoms with E-state index >= 15 is 0 Å². The summed E-state index contributed by atoms with van der Waals surface area (Å²) in [5.74, 6) is 1.34. The second-order valence-corrected chi connectivity index (χ2v) is 4.77. The number of hydrogen-bond donors (Lipinski definition) is 1. The molecule has 0 saturated heterocycles. The predicted molar refractivity (Wildman–Crippen MR) is 85.6 cm³/mol. The Balaban J connectivity index is 2.20. The van der Waals surface area contributed by atoms with Gasteiger partial charge in [-0.1, -0.05) is 5.21 Å². The summed E-state index contributed by atoms with van der Waals surface area (Å²) in [4.78, 5) is 4.05. The lowest BCUT2D eigenvalue weighted by atomic mass is 10.1. The molecule has 2 heterocycles. The van der Waals surface area contributed by atoms with E-state index < -0.39 is 0 Å². The number of hydrogen-bond acceptors (Lipinski definition) is 6. The van der Waals surface area contributed by atoms with Gasteiger partial charge in [0, 0.05) is 30.6 Å². The zero-order valence-electron chi connectivity index (χ0n) is 12.9. The molecule has 3 aromatic rings. The Morgan fingerprint density at radius 2 is 1.87 bits per heavy atom. The fourth-order valence-electron chi connectivity index (χ4n) is 2.38. The Hall–Kier alpha value is -2.93. The van der Waals surface area contributed by atoms with Crippen molar-refractivity contribution in [2.75, 3.05) is 14.2 Å². The molecule has 0 bridgehead atoms. The van der Waals surface area contributed by atoms with Gasteiger partial charge in [0.25, 0.3) is 0 Å². The minimum atomic E-state index is 0.288. The summed E-state index contributed by atoms with van der Waals surface area (Å²) in [5.41, 5.74) is 9.02. The van der Waals surface area contributed by atoms with E-state index in [2.05, 4.69) is 15.3 Å². The number of nitrogens with two attached hydrogens (primary N) is 1. The smallest absolute Gasteiger partial charge is 0.148 e. The van der Waals surface area contributed by atoms with Crippen LogP contribution in [0.5, 0.6) is 11.5 Å². The van der Waals surface area contributed by atoms with Crippen LogP contribution in [0.1, 0.15) is 5.69 Å². The van der Waals surface area contributed by atoms with Crippen molar-refractivity contribution in [1.29, 1.82) is 0 Å². The molecule has 0 aliphatic carbocycles. The van der Waals surface area contributed by atoms with Gasteiger partial charge in [0.2, 0.25) is 0 Å². The highest BCUT2D eigenvalue weighted by Crippen LogP contribution is 2.31. The van der Waals surface area contributed by atoms with Crippen molar-refractivity contribution in [1.82, 2.24) is 20.0 Å². The summed E-state index contributed by atoms with van der Waals surface area (Å²) in [6.07, 6.45) is 3.44. The fraction of sp³-hybridized carbons (Fsp3) is 0.188. The van der Waals surface area contributed by atoms with Crippen molar-refractivity contribution in [3.63, 3.8) is 0 Å². The zero-order chi connectivity index (χ0) is 16.2. The Bertz CT molecular complexity index is 801. The molecule has 0 amide bonds. The summed E-state index contributed by atoms with van der Waals surface area (Å²) in [7, 11) is 3.21. The molecule has 1 aromatic carbocycles.